The van der Waals surface area contributed by atoms with Crippen LogP contribution in [-0.4, -0.2) is 43.8 Å². The number of sulfone groups is 1. The Bertz CT molecular complexity index is 645. The van der Waals surface area contributed by atoms with Gasteiger partial charge in [0, 0.05) is 11.6 Å². The lowest BCUT2D eigenvalue weighted by molar-refractivity contribution is -0.128. The maximum absolute atomic E-state index is 12.1. The van der Waals surface area contributed by atoms with Crippen LogP contribution in [0.2, 0.25) is 5.02 Å². The third-order valence-corrected chi connectivity index (χ3v) is 6.13. The van der Waals surface area contributed by atoms with Gasteiger partial charge in [-0.2, -0.15) is 0 Å². The van der Waals surface area contributed by atoms with Gasteiger partial charge in [0.2, 0.25) is 5.91 Å². The number of nitrogens with zero attached hydrogens (tertiary/aromatic N) is 1. The summed E-state index contributed by atoms with van der Waals surface area (Å²) in [5, 5.41) is 3.82. The quantitative estimate of drug-likeness (QED) is 0.905. The van der Waals surface area contributed by atoms with Crippen molar-refractivity contribution in [3.63, 3.8) is 0 Å². The zero-order valence-electron chi connectivity index (χ0n) is 11.5. The lowest BCUT2D eigenvalue weighted by Gasteiger charge is -2.27. The molecule has 0 spiro atoms. The highest BCUT2D eigenvalue weighted by atomic mass is 35.5. The van der Waals surface area contributed by atoms with Crippen LogP contribution in [0.15, 0.2) is 24.3 Å². The fourth-order valence-electron chi connectivity index (χ4n) is 2.98. The van der Waals surface area contributed by atoms with Crippen LogP contribution in [0.4, 0.5) is 0 Å². The Morgan fingerprint density at radius 1 is 1.29 bits per heavy atom. The minimum Gasteiger partial charge on any atom is -0.322 e. The van der Waals surface area contributed by atoms with E-state index in [1.54, 1.807) is 17.0 Å². The van der Waals surface area contributed by atoms with E-state index in [-0.39, 0.29) is 36.0 Å². The number of hydrogen-bond acceptors (Lipinski definition) is 4. The Kier molecular flexibility index (Phi) is 3.94. The van der Waals surface area contributed by atoms with Gasteiger partial charge in [0.15, 0.2) is 9.84 Å². The van der Waals surface area contributed by atoms with Crippen LogP contribution >= 0.6 is 11.6 Å². The molecular formula is C14H17ClN2O3S. The van der Waals surface area contributed by atoms with Crippen LogP contribution in [0.3, 0.4) is 0 Å². The van der Waals surface area contributed by atoms with Crippen LogP contribution in [0.5, 0.6) is 0 Å². The highest BCUT2D eigenvalue weighted by molar-refractivity contribution is 7.91. The first-order valence-electron chi connectivity index (χ1n) is 6.93. The average molecular weight is 329 g/mol. The molecule has 0 radical (unpaired) electrons. The second-order valence-corrected chi connectivity index (χ2v) is 8.32. The molecule has 114 valence electrons. The minimum absolute atomic E-state index is 0.0132. The summed E-state index contributed by atoms with van der Waals surface area (Å²) in [5.41, 5.74) is 0.964. The van der Waals surface area contributed by atoms with Crippen molar-refractivity contribution < 1.29 is 13.2 Å². The van der Waals surface area contributed by atoms with Crippen molar-refractivity contribution in [3.8, 4) is 0 Å². The first-order valence-corrected chi connectivity index (χ1v) is 9.13. The van der Waals surface area contributed by atoms with E-state index in [4.69, 9.17) is 11.6 Å². The molecule has 0 aliphatic carbocycles. The summed E-state index contributed by atoms with van der Waals surface area (Å²) in [4.78, 5) is 13.8. The largest absolute Gasteiger partial charge is 0.322 e. The summed E-state index contributed by atoms with van der Waals surface area (Å²) in [6.07, 6.45) is 0.442. The zero-order chi connectivity index (χ0) is 15.0. The first-order chi connectivity index (χ1) is 9.94. The van der Waals surface area contributed by atoms with Crippen molar-refractivity contribution in [1.29, 1.82) is 0 Å². The molecule has 2 aliphatic rings. The molecule has 1 amide bonds. The maximum Gasteiger partial charge on any atom is 0.238 e. The van der Waals surface area contributed by atoms with Gasteiger partial charge in [-0.05, 0) is 30.0 Å². The molecule has 5 nitrogen and oxygen atoms in total. The molecular weight excluding hydrogens is 312 g/mol. The Labute approximate surface area is 129 Å². The second-order valence-electron chi connectivity index (χ2n) is 5.65. The summed E-state index contributed by atoms with van der Waals surface area (Å²) in [6.45, 7) is 0.769. The van der Waals surface area contributed by atoms with Gasteiger partial charge in [0.25, 0.3) is 0 Å². The van der Waals surface area contributed by atoms with Gasteiger partial charge in [0.05, 0.1) is 18.1 Å². The van der Waals surface area contributed by atoms with Gasteiger partial charge in [-0.15, -0.1) is 0 Å². The minimum atomic E-state index is -2.92. The number of hydrogen-bond donors (Lipinski definition) is 1. The van der Waals surface area contributed by atoms with Gasteiger partial charge in [-0.1, -0.05) is 23.7 Å². The van der Waals surface area contributed by atoms with Gasteiger partial charge >= 0.3 is 0 Å². The van der Waals surface area contributed by atoms with Crippen molar-refractivity contribution in [2.45, 2.75) is 12.6 Å². The van der Waals surface area contributed by atoms with Crippen LogP contribution in [0, 0.1) is 5.92 Å². The lowest BCUT2D eigenvalue weighted by Crippen LogP contribution is -2.35. The summed E-state index contributed by atoms with van der Waals surface area (Å²) in [7, 11) is -2.92. The van der Waals surface area contributed by atoms with E-state index in [0.717, 1.165) is 5.56 Å². The predicted octanol–water partition coefficient (Wildman–Crippen LogP) is 1.21. The molecule has 7 heteroatoms. The maximum atomic E-state index is 12.1. The molecule has 0 aromatic heterocycles. The summed E-state index contributed by atoms with van der Waals surface area (Å²) in [6, 6.07) is 7.35. The molecule has 1 N–H and O–H groups in total. The van der Waals surface area contributed by atoms with Crippen molar-refractivity contribution in [1.82, 2.24) is 10.2 Å². The van der Waals surface area contributed by atoms with Gasteiger partial charge in [-0.25, -0.2) is 8.42 Å². The van der Waals surface area contributed by atoms with E-state index in [1.165, 1.54) is 0 Å². The molecule has 2 aliphatic heterocycles. The molecule has 3 rings (SSSR count). The van der Waals surface area contributed by atoms with Crippen molar-refractivity contribution in [2.75, 3.05) is 24.6 Å². The monoisotopic (exact) mass is 328 g/mol. The van der Waals surface area contributed by atoms with E-state index < -0.39 is 9.84 Å². The van der Waals surface area contributed by atoms with Crippen LogP contribution < -0.4 is 5.32 Å². The number of rotatable bonds is 3. The van der Waals surface area contributed by atoms with E-state index in [1.807, 2.05) is 12.1 Å². The lowest BCUT2D eigenvalue weighted by atomic mass is 10.1. The van der Waals surface area contributed by atoms with Crippen LogP contribution in [0.1, 0.15) is 18.2 Å². The molecule has 2 fully saturated rings. The first kappa shape index (κ1) is 14.8. The highest BCUT2D eigenvalue weighted by Crippen LogP contribution is 2.27. The normalized spacial score (nSPS) is 28.2. The molecule has 0 bridgehead atoms. The number of carbonyl (C=O) groups excluding carboxylic acids is 1. The fourth-order valence-corrected chi connectivity index (χ4v) is 4.96. The fraction of sp³-hybridized carbons (Fsp3) is 0.500. The Balaban J connectivity index is 1.75. The molecule has 2 unspecified atom stereocenters. The Hall–Kier alpha value is -1.11. The third kappa shape index (κ3) is 3.22. The molecule has 2 saturated heterocycles. The summed E-state index contributed by atoms with van der Waals surface area (Å²) >= 11 is 5.88. The number of amides is 1. The molecule has 1 aromatic rings. The number of carbonyl (C=O) groups is 1. The standard InChI is InChI=1S/C14H17ClN2O3S/c15-12-3-1-11(2-4-12)14-16-7-13(18)17(14)8-10-5-6-21(19,20)9-10/h1-4,10,14,16H,5-9H2. The second kappa shape index (κ2) is 5.59. The number of benzene rings is 1. The van der Waals surface area contributed by atoms with Crippen molar-refractivity contribution in [3.05, 3.63) is 34.9 Å². The van der Waals surface area contributed by atoms with Gasteiger partial charge in [0.1, 0.15) is 6.17 Å². The number of halogens is 1. The average Bonchev–Trinajstić information content (AvgIpc) is 2.95. The summed E-state index contributed by atoms with van der Waals surface area (Å²) in [5.74, 6) is 0.468. The molecule has 2 atom stereocenters. The molecule has 1 aromatic carbocycles. The van der Waals surface area contributed by atoms with E-state index >= 15 is 0 Å². The topological polar surface area (TPSA) is 66.5 Å². The molecule has 0 saturated carbocycles. The predicted molar refractivity (Wildman–Crippen MR) is 80.7 cm³/mol. The summed E-state index contributed by atoms with van der Waals surface area (Å²) < 4.78 is 23.1. The molecule has 21 heavy (non-hydrogen) atoms. The number of nitrogens with one attached hydrogen (secondary N) is 1. The van der Waals surface area contributed by atoms with E-state index in [0.29, 0.717) is 18.0 Å². The van der Waals surface area contributed by atoms with Crippen molar-refractivity contribution >= 4 is 27.3 Å². The smallest absolute Gasteiger partial charge is 0.238 e. The SMILES string of the molecule is O=C1CNC(c2ccc(Cl)cc2)N1CC1CCS(=O)(=O)C1. The van der Waals surface area contributed by atoms with Crippen LogP contribution in [0.25, 0.3) is 0 Å². The van der Waals surface area contributed by atoms with Crippen LogP contribution in [-0.2, 0) is 14.6 Å². The highest BCUT2D eigenvalue weighted by Gasteiger charge is 2.36. The molecule has 2 heterocycles. The Morgan fingerprint density at radius 2 is 2.00 bits per heavy atom. The van der Waals surface area contributed by atoms with E-state index in [9.17, 15) is 13.2 Å². The van der Waals surface area contributed by atoms with E-state index in [2.05, 4.69) is 5.32 Å². The van der Waals surface area contributed by atoms with Gasteiger partial charge < -0.3 is 4.90 Å². The van der Waals surface area contributed by atoms with Crippen molar-refractivity contribution in [2.24, 2.45) is 5.92 Å². The zero-order valence-corrected chi connectivity index (χ0v) is 13.0. The Morgan fingerprint density at radius 3 is 2.62 bits per heavy atom. The van der Waals surface area contributed by atoms with Gasteiger partial charge in [-0.3, -0.25) is 10.1 Å². The third-order valence-electron chi connectivity index (χ3n) is 4.05.